The molecule has 0 N–H and O–H groups in total. The number of carbonyl (C=O) groups excluding carboxylic acids is 1. The number of para-hydroxylation sites is 1. The third-order valence-corrected chi connectivity index (χ3v) is 4.38. The van der Waals surface area contributed by atoms with Crippen molar-refractivity contribution in [2.75, 3.05) is 32.1 Å². The average Bonchev–Trinajstić information content (AvgIpc) is 3.16. The molecular weight excluding hydrogens is 353 g/mol. The second-order valence-corrected chi connectivity index (χ2v) is 6.33. The summed E-state index contributed by atoms with van der Waals surface area (Å²) in [5, 5.41) is 0.466. The summed E-state index contributed by atoms with van der Waals surface area (Å²) < 4.78 is 19.8. The molecule has 1 amide bonds. The first kappa shape index (κ1) is 18.4. The van der Waals surface area contributed by atoms with Crippen LogP contribution in [0.15, 0.2) is 41.0 Å². The fourth-order valence-corrected chi connectivity index (χ4v) is 3.14. The molecule has 0 atom stereocenters. The number of thiazole rings is 1. The Bertz CT molecular complexity index is 820. The molecule has 0 aliphatic carbocycles. The number of anilines is 1. The molecule has 0 unspecified atom stereocenters. The van der Waals surface area contributed by atoms with Crippen molar-refractivity contribution in [1.82, 2.24) is 9.88 Å². The lowest BCUT2D eigenvalue weighted by Gasteiger charge is -2.20. The molecule has 0 bridgehead atoms. The van der Waals surface area contributed by atoms with Crippen LogP contribution in [-0.4, -0.2) is 43.0 Å². The molecular formula is C16H17ClFN3O2S. The van der Waals surface area contributed by atoms with Crippen molar-refractivity contribution in [3.63, 3.8) is 0 Å². The molecule has 128 valence electrons. The molecule has 0 radical (unpaired) electrons. The van der Waals surface area contributed by atoms with E-state index in [1.54, 1.807) is 24.3 Å². The summed E-state index contributed by atoms with van der Waals surface area (Å²) >= 11 is 1.29. The van der Waals surface area contributed by atoms with Crippen LogP contribution in [-0.2, 0) is 0 Å². The van der Waals surface area contributed by atoms with Gasteiger partial charge in [-0.05, 0) is 38.4 Å². The van der Waals surface area contributed by atoms with Crippen molar-refractivity contribution in [3.05, 3.63) is 48.2 Å². The lowest BCUT2D eigenvalue weighted by molar-refractivity contribution is 0.0958. The highest BCUT2D eigenvalue weighted by atomic mass is 35.5. The third kappa shape index (κ3) is 3.75. The number of hydrogen-bond donors (Lipinski definition) is 0. The van der Waals surface area contributed by atoms with E-state index in [1.807, 2.05) is 19.0 Å². The van der Waals surface area contributed by atoms with Gasteiger partial charge in [-0.3, -0.25) is 9.69 Å². The van der Waals surface area contributed by atoms with E-state index in [4.69, 9.17) is 4.42 Å². The summed E-state index contributed by atoms with van der Waals surface area (Å²) in [4.78, 5) is 20.5. The van der Waals surface area contributed by atoms with Crippen molar-refractivity contribution >= 4 is 45.0 Å². The maximum Gasteiger partial charge on any atom is 0.295 e. The molecule has 2 heterocycles. The summed E-state index contributed by atoms with van der Waals surface area (Å²) in [5.41, 5.74) is 0.287. The molecule has 1 aromatic carbocycles. The Morgan fingerprint density at radius 1 is 1.25 bits per heavy atom. The average molecular weight is 370 g/mol. The first-order valence-electron chi connectivity index (χ1n) is 7.11. The van der Waals surface area contributed by atoms with Crippen LogP contribution in [0.5, 0.6) is 0 Å². The molecule has 0 spiro atoms. The van der Waals surface area contributed by atoms with Crippen LogP contribution < -0.4 is 4.90 Å². The molecule has 5 nitrogen and oxygen atoms in total. The Hall–Kier alpha value is -1.96. The smallest absolute Gasteiger partial charge is 0.295 e. The van der Waals surface area contributed by atoms with Gasteiger partial charge in [-0.1, -0.05) is 17.4 Å². The van der Waals surface area contributed by atoms with Crippen LogP contribution in [0.2, 0.25) is 0 Å². The monoisotopic (exact) mass is 369 g/mol. The minimum atomic E-state index is -0.386. The number of hydrogen-bond acceptors (Lipinski definition) is 5. The highest BCUT2D eigenvalue weighted by molar-refractivity contribution is 7.22. The van der Waals surface area contributed by atoms with Crippen LogP contribution in [0.25, 0.3) is 10.2 Å². The van der Waals surface area contributed by atoms with Gasteiger partial charge in [0.05, 0.1) is 11.0 Å². The number of aromatic nitrogens is 1. The summed E-state index contributed by atoms with van der Waals surface area (Å²) in [6.07, 6.45) is 1.45. The number of furan rings is 1. The second kappa shape index (κ2) is 7.74. The van der Waals surface area contributed by atoms with Gasteiger partial charge >= 0.3 is 0 Å². The van der Waals surface area contributed by atoms with E-state index in [-0.39, 0.29) is 35.4 Å². The van der Waals surface area contributed by atoms with Crippen molar-refractivity contribution < 1.29 is 13.6 Å². The van der Waals surface area contributed by atoms with Crippen molar-refractivity contribution in [2.24, 2.45) is 0 Å². The maximum absolute atomic E-state index is 13.9. The summed E-state index contributed by atoms with van der Waals surface area (Å²) in [6, 6.07) is 8.07. The van der Waals surface area contributed by atoms with Gasteiger partial charge < -0.3 is 9.32 Å². The number of amides is 1. The molecule has 0 fully saturated rings. The molecule has 2 aromatic heterocycles. The number of carbonyl (C=O) groups is 1. The van der Waals surface area contributed by atoms with Gasteiger partial charge in [-0.2, -0.15) is 0 Å². The van der Waals surface area contributed by atoms with Crippen molar-refractivity contribution in [2.45, 2.75) is 0 Å². The van der Waals surface area contributed by atoms with Crippen molar-refractivity contribution in [1.29, 1.82) is 0 Å². The molecule has 0 aliphatic heterocycles. The van der Waals surface area contributed by atoms with Crippen LogP contribution in [0, 0.1) is 5.82 Å². The van der Waals surface area contributed by atoms with E-state index in [1.165, 1.54) is 28.6 Å². The zero-order valence-corrected chi connectivity index (χ0v) is 14.9. The van der Waals surface area contributed by atoms with E-state index in [0.29, 0.717) is 22.9 Å². The number of benzene rings is 1. The van der Waals surface area contributed by atoms with E-state index in [2.05, 4.69) is 4.98 Å². The van der Waals surface area contributed by atoms with Crippen molar-refractivity contribution in [3.8, 4) is 0 Å². The van der Waals surface area contributed by atoms with Gasteiger partial charge in [0.15, 0.2) is 10.9 Å². The highest BCUT2D eigenvalue weighted by Crippen LogP contribution is 2.31. The molecule has 3 aromatic rings. The summed E-state index contributed by atoms with van der Waals surface area (Å²) in [7, 11) is 3.85. The minimum absolute atomic E-state index is 0. The zero-order chi connectivity index (χ0) is 16.4. The first-order chi connectivity index (χ1) is 11.1. The largest absolute Gasteiger partial charge is 0.459 e. The van der Waals surface area contributed by atoms with E-state index >= 15 is 0 Å². The third-order valence-electron chi connectivity index (χ3n) is 3.34. The molecule has 0 aliphatic rings. The van der Waals surface area contributed by atoms with Gasteiger partial charge in [0, 0.05) is 13.1 Å². The standard InChI is InChI=1S/C16H16FN3O2S.ClH/c1-19(2)8-9-20(15(21)12-6-4-10-22-12)16-18-14-11(17)5-3-7-13(14)23-16;/h3-7,10H,8-9H2,1-2H3;1H. The van der Waals surface area contributed by atoms with Gasteiger partial charge in [0.25, 0.3) is 5.91 Å². The first-order valence-corrected chi connectivity index (χ1v) is 7.93. The predicted octanol–water partition coefficient (Wildman–Crippen LogP) is 3.66. The highest BCUT2D eigenvalue weighted by Gasteiger charge is 2.23. The SMILES string of the molecule is CN(C)CCN(C(=O)c1ccco1)c1nc2c(F)cccc2s1.Cl. The Morgan fingerprint density at radius 3 is 2.67 bits per heavy atom. The van der Waals surface area contributed by atoms with E-state index < -0.39 is 0 Å². The quantitative estimate of drug-likeness (QED) is 0.688. The number of fused-ring (bicyclic) bond motifs is 1. The zero-order valence-electron chi connectivity index (χ0n) is 13.2. The number of rotatable bonds is 5. The van der Waals surface area contributed by atoms with E-state index in [9.17, 15) is 9.18 Å². The Labute approximate surface area is 149 Å². The Kier molecular flexibility index (Phi) is 5.93. The van der Waals surface area contributed by atoms with Crippen LogP contribution in [0.3, 0.4) is 0 Å². The molecule has 8 heteroatoms. The fourth-order valence-electron chi connectivity index (χ4n) is 2.14. The fraction of sp³-hybridized carbons (Fsp3) is 0.250. The normalized spacial score (nSPS) is 10.8. The lowest BCUT2D eigenvalue weighted by atomic mass is 10.3. The van der Waals surface area contributed by atoms with Gasteiger partial charge in [-0.15, -0.1) is 12.4 Å². The van der Waals surface area contributed by atoms with Gasteiger partial charge in [0.2, 0.25) is 0 Å². The topological polar surface area (TPSA) is 49.6 Å². The Balaban J connectivity index is 0.00000208. The van der Waals surface area contributed by atoms with Gasteiger partial charge in [0.1, 0.15) is 11.3 Å². The second-order valence-electron chi connectivity index (χ2n) is 5.32. The van der Waals surface area contributed by atoms with Crippen LogP contribution >= 0.6 is 23.7 Å². The molecule has 0 saturated heterocycles. The lowest BCUT2D eigenvalue weighted by Crippen LogP contribution is -2.36. The molecule has 24 heavy (non-hydrogen) atoms. The summed E-state index contributed by atoms with van der Waals surface area (Å²) in [5.74, 6) is -0.428. The maximum atomic E-state index is 13.9. The number of nitrogens with zero attached hydrogens (tertiary/aromatic N) is 3. The number of likely N-dealkylation sites (N-methyl/N-ethyl adjacent to an activating group) is 1. The van der Waals surface area contributed by atoms with Gasteiger partial charge in [-0.25, -0.2) is 9.37 Å². The number of halogens is 2. The van der Waals surface area contributed by atoms with Crippen LogP contribution in [0.4, 0.5) is 9.52 Å². The van der Waals surface area contributed by atoms with E-state index in [0.717, 1.165) is 0 Å². The van der Waals surface area contributed by atoms with Crippen LogP contribution in [0.1, 0.15) is 10.6 Å². The Morgan fingerprint density at radius 2 is 2.04 bits per heavy atom. The molecule has 0 saturated carbocycles. The molecule has 3 rings (SSSR count). The predicted molar refractivity (Wildman–Crippen MR) is 95.8 cm³/mol. The minimum Gasteiger partial charge on any atom is -0.459 e. The summed E-state index contributed by atoms with van der Waals surface area (Å²) in [6.45, 7) is 1.10.